The Morgan fingerprint density at radius 1 is 1.32 bits per heavy atom. The first kappa shape index (κ1) is 16.3. The maximum absolute atomic E-state index is 13.1. The number of fused-ring (bicyclic) bond motifs is 2. The van der Waals surface area contributed by atoms with E-state index in [2.05, 4.69) is 4.98 Å². The molecule has 0 aromatic carbocycles. The van der Waals surface area contributed by atoms with Gasteiger partial charge >= 0.3 is 5.97 Å². The fraction of sp³-hybridized carbons (Fsp3) is 0.529. The highest BCUT2D eigenvalue weighted by molar-refractivity contribution is 7.15. The van der Waals surface area contributed by atoms with Gasteiger partial charge in [-0.2, -0.15) is 0 Å². The van der Waals surface area contributed by atoms with E-state index in [-0.39, 0.29) is 17.5 Å². The molecule has 2 fully saturated rings. The van der Waals surface area contributed by atoms with Crippen molar-refractivity contribution in [3.8, 4) is 0 Å². The minimum absolute atomic E-state index is 0.0449. The minimum Gasteiger partial charge on any atom is -0.480 e. The van der Waals surface area contributed by atoms with Gasteiger partial charge in [0.1, 0.15) is 11.6 Å². The van der Waals surface area contributed by atoms with Gasteiger partial charge in [-0.25, -0.2) is 9.78 Å². The van der Waals surface area contributed by atoms with Gasteiger partial charge in [-0.3, -0.25) is 14.0 Å². The summed E-state index contributed by atoms with van der Waals surface area (Å²) in [5, 5.41) is 11.4. The number of carbonyl (C=O) groups is 2. The zero-order valence-electron chi connectivity index (χ0n) is 13.8. The van der Waals surface area contributed by atoms with Crippen LogP contribution in [0.15, 0.2) is 16.4 Å². The number of amides is 1. The molecule has 2 aromatic heterocycles. The normalized spacial score (nSPS) is 26.0. The third kappa shape index (κ3) is 2.47. The summed E-state index contributed by atoms with van der Waals surface area (Å²) in [5.74, 6) is -1.29. The van der Waals surface area contributed by atoms with Crippen LogP contribution in [-0.4, -0.2) is 43.4 Å². The van der Waals surface area contributed by atoms with Gasteiger partial charge in [0.05, 0.1) is 0 Å². The topological polar surface area (TPSA) is 92.0 Å². The molecule has 0 radical (unpaired) electrons. The van der Waals surface area contributed by atoms with Crippen LogP contribution >= 0.6 is 11.3 Å². The van der Waals surface area contributed by atoms with Crippen molar-refractivity contribution < 1.29 is 14.7 Å². The Labute approximate surface area is 147 Å². The SMILES string of the molecule is Cc1csc2ncc(C(=O)N3C(C(=O)O)CC4CCCCC43)c(=O)n12. The molecule has 3 atom stereocenters. The third-order valence-electron chi connectivity index (χ3n) is 5.45. The second kappa shape index (κ2) is 5.94. The van der Waals surface area contributed by atoms with E-state index in [1.165, 1.54) is 26.8 Å². The third-order valence-corrected chi connectivity index (χ3v) is 6.41. The van der Waals surface area contributed by atoms with Crippen LogP contribution in [0.4, 0.5) is 0 Å². The molecule has 2 aromatic rings. The van der Waals surface area contributed by atoms with Crippen LogP contribution in [0, 0.1) is 12.8 Å². The summed E-state index contributed by atoms with van der Waals surface area (Å²) in [4.78, 5) is 43.8. The number of rotatable bonds is 2. The number of carboxylic acid groups (broad SMARTS) is 1. The summed E-state index contributed by atoms with van der Waals surface area (Å²) < 4.78 is 1.42. The van der Waals surface area contributed by atoms with Gasteiger partial charge in [-0.15, -0.1) is 11.3 Å². The Bertz CT molecular complexity index is 918. The molecule has 25 heavy (non-hydrogen) atoms. The number of thiazole rings is 1. The van der Waals surface area contributed by atoms with Crippen molar-refractivity contribution >= 4 is 28.2 Å². The van der Waals surface area contributed by atoms with Crippen molar-refractivity contribution in [1.29, 1.82) is 0 Å². The average molecular weight is 361 g/mol. The molecule has 2 aliphatic rings. The number of likely N-dealkylation sites (tertiary alicyclic amines) is 1. The molecule has 1 saturated heterocycles. The Kier molecular flexibility index (Phi) is 3.87. The summed E-state index contributed by atoms with van der Waals surface area (Å²) >= 11 is 1.34. The lowest BCUT2D eigenvalue weighted by molar-refractivity contribution is -0.141. The highest BCUT2D eigenvalue weighted by Gasteiger charge is 2.48. The van der Waals surface area contributed by atoms with Crippen molar-refractivity contribution in [3.63, 3.8) is 0 Å². The number of nitrogens with zero attached hydrogens (tertiary/aromatic N) is 3. The van der Waals surface area contributed by atoms with Crippen molar-refractivity contribution in [3.05, 3.63) is 33.2 Å². The van der Waals surface area contributed by atoms with Crippen LogP contribution in [0.3, 0.4) is 0 Å². The maximum atomic E-state index is 13.1. The predicted molar refractivity (Wildman–Crippen MR) is 92.0 cm³/mol. The first-order valence-electron chi connectivity index (χ1n) is 8.50. The zero-order valence-corrected chi connectivity index (χ0v) is 14.7. The van der Waals surface area contributed by atoms with Crippen LogP contribution in [0.5, 0.6) is 0 Å². The number of aromatic nitrogens is 2. The number of hydrogen-bond donors (Lipinski definition) is 1. The fourth-order valence-electron chi connectivity index (χ4n) is 4.28. The number of carboxylic acids is 1. The molecule has 1 saturated carbocycles. The minimum atomic E-state index is -0.997. The number of hydrogen-bond acceptors (Lipinski definition) is 5. The van der Waals surface area contributed by atoms with E-state index < -0.39 is 23.5 Å². The number of aryl methyl sites for hydroxylation is 1. The lowest BCUT2D eigenvalue weighted by atomic mass is 9.84. The Morgan fingerprint density at radius 3 is 2.84 bits per heavy atom. The molecule has 8 heteroatoms. The highest BCUT2D eigenvalue weighted by Crippen LogP contribution is 2.40. The van der Waals surface area contributed by atoms with Crippen LogP contribution in [-0.2, 0) is 4.79 Å². The largest absolute Gasteiger partial charge is 0.480 e. The summed E-state index contributed by atoms with van der Waals surface area (Å²) in [7, 11) is 0. The van der Waals surface area contributed by atoms with E-state index in [0.29, 0.717) is 11.4 Å². The van der Waals surface area contributed by atoms with Gasteiger partial charge in [0.2, 0.25) is 0 Å². The summed E-state index contributed by atoms with van der Waals surface area (Å²) in [6.45, 7) is 1.79. The summed E-state index contributed by atoms with van der Waals surface area (Å²) in [6, 6.07) is -0.949. The van der Waals surface area contributed by atoms with Crippen LogP contribution in [0.25, 0.3) is 4.96 Å². The molecule has 1 aliphatic heterocycles. The molecule has 1 amide bonds. The predicted octanol–water partition coefficient (Wildman–Crippen LogP) is 1.92. The number of aliphatic carboxylic acids is 1. The fourth-order valence-corrected chi connectivity index (χ4v) is 5.11. The Morgan fingerprint density at radius 2 is 2.08 bits per heavy atom. The van der Waals surface area contributed by atoms with Crippen LogP contribution < -0.4 is 5.56 Å². The van der Waals surface area contributed by atoms with Gasteiger partial charge in [0, 0.05) is 23.3 Å². The highest BCUT2D eigenvalue weighted by atomic mass is 32.1. The van der Waals surface area contributed by atoms with Crippen molar-refractivity contribution in [1.82, 2.24) is 14.3 Å². The monoisotopic (exact) mass is 361 g/mol. The van der Waals surface area contributed by atoms with Gasteiger partial charge in [-0.1, -0.05) is 12.8 Å². The zero-order chi connectivity index (χ0) is 17.7. The maximum Gasteiger partial charge on any atom is 0.326 e. The van der Waals surface area contributed by atoms with Crippen LogP contribution in [0.2, 0.25) is 0 Å². The first-order chi connectivity index (χ1) is 12.0. The number of carbonyl (C=O) groups excluding carboxylic acids is 1. The van der Waals surface area contributed by atoms with Gasteiger partial charge in [0.25, 0.3) is 11.5 Å². The molecule has 3 unspecified atom stereocenters. The molecular formula is C17H19N3O4S. The Balaban J connectivity index is 1.78. The van der Waals surface area contributed by atoms with Crippen LogP contribution in [0.1, 0.15) is 48.2 Å². The molecule has 7 nitrogen and oxygen atoms in total. The lowest BCUT2D eigenvalue weighted by Gasteiger charge is -2.32. The van der Waals surface area contributed by atoms with Gasteiger partial charge in [0.15, 0.2) is 4.96 Å². The van der Waals surface area contributed by atoms with E-state index in [4.69, 9.17) is 0 Å². The molecule has 0 bridgehead atoms. The molecular weight excluding hydrogens is 342 g/mol. The smallest absolute Gasteiger partial charge is 0.326 e. The lowest BCUT2D eigenvalue weighted by Crippen LogP contribution is -2.47. The van der Waals surface area contributed by atoms with E-state index >= 15 is 0 Å². The molecule has 132 valence electrons. The molecule has 0 spiro atoms. The second-order valence-electron chi connectivity index (χ2n) is 6.89. The van der Waals surface area contributed by atoms with E-state index in [0.717, 1.165) is 31.4 Å². The standard InChI is InChI=1S/C17H19N3O4S/c1-9-8-25-17-18-7-11(14(21)19(9)17)15(22)20-12-5-3-2-4-10(12)6-13(20)16(23)24/h7-8,10,12-13H,2-6H2,1H3,(H,23,24). The average Bonchev–Trinajstić information content (AvgIpc) is 3.16. The van der Waals surface area contributed by atoms with Gasteiger partial charge < -0.3 is 10.0 Å². The van der Waals surface area contributed by atoms with Gasteiger partial charge in [-0.05, 0) is 32.1 Å². The summed E-state index contributed by atoms with van der Waals surface area (Å²) in [5.41, 5.74) is 0.257. The van der Waals surface area contributed by atoms with E-state index in [1.54, 1.807) is 6.92 Å². The van der Waals surface area contributed by atoms with Crippen molar-refractivity contribution in [2.75, 3.05) is 0 Å². The molecule has 1 aliphatic carbocycles. The van der Waals surface area contributed by atoms with Crippen molar-refractivity contribution in [2.45, 2.75) is 51.1 Å². The molecule has 1 N–H and O–H groups in total. The van der Waals surface area contributed by atoms with E-state index in [1.807, 2.05) is 5.38 Å². The van der Waals surface area contributed by atoms with Crippen molar-refractivity contribution in [2.24, 2.45) is 5.92 Å². The first-order valence-corrected chi connectivity index (χ1v) is 9.38. The summed E-state index contributed by atoms with van der Waals surface area (Å²) in [6.07, 6.45) is 5.56. The molecule has 4 rings (SSSR count). The quantitative estimate of drug-likeness (QED) is 0.882. The molecule has 3 heterocycles. The second-order valence-corrected chi connectivity index (χ2v) is 7.72. The van der Waals surface area contributed by atoms with E-state index in [9.17, 15) is 19.5 Å². The Hall–Kier alpha value is -2.22.